The Labute approximate surface area is 120 Å². The molecule has 1 aromatic heterocycles. The van der Waals surface area contributed by atoms with Crippen molar-refractivity contribution in [2.45, 2.75) is 31.8 Å². The quantitative estimate of drug-likeness (QED) is 0.897. The van der Waals surface area contributed by atoms with Gasteiger partial charge in [-0.05, 0) is 62.4 Å². The van der Waals surface area contributed by atoms with Crippen molar-refractivity contribution in [3.8, 4) is 0 Å². The zero-order chi connectivity index (χ0) is 13.8. The second kappa shape index (κ2) is 6.33. The molecule has 1 aromatic carbocycles. The van der Waals surface area contributed by atoms with Gasteiger partial charge in [0.2, 0.25) is 0 Å². The van der Waals surface area contributed by atoms with Gasteiger partial charge in [-0.2, -0.15) is 0 Å². The van der Waals surface area contributed by atoms with Crippen molar-refractivity contribution in [2.24, 2.45) is 5.92 Å². The topological polar surface area (TPSA) is 45.1 Å². The lowest BCUT2D eigenvalue weighted by Crippen LogP contribution is -2.27. The molecule has 0 spiro atoms. The molecule has 3 heteroatoms. The van der Waals surface area contributed by atoms with Crippen LogP contribution in [0.2, 0.25) is 0 Å². The summed E-state index contributed by atoms with van der Waals surface area (Å²) in [5.41, 5.74) is 1.98. The van der Waals surface area contributed by atoms with Crippen molar-refractivity contribution in [1.82, 2.24) is 10.3 Å². The number of rotatable bonds is 4. The first-order valence-corrected chi connectivity index (χ1v) is 7.57. The molecule has 1 unspecified atom stereocenters. The molecule has 1 saturated heterocycles. The number of aliphatic hydroxyl groups is 1. The summed E-state index contributed by atoms with van der Waals surface area (Å²) in [6, 6.07) is 9.99. The normalized spacial score (nSPS) is 18.2. The number of aromatic nitrogens is 1. The van der Waals surface area contributed by atoms with E-state index in [2.05, 4.69) is 10.3 Å². The number of benzene rings is 1. The molecule has 2 heterocycles. The lowest BCUT2D eigenvalue weighted by Gasteiger charge is -2.23. The lowest BCUT2D eigenvalue weighted by molar-refractivity contribution is 0.153. The molecule has 0 amide bonds. The van der Waals surface area contributed by atoms with E-state index in [9.17, 15) is 5.11 Å². The Morgan fingerprint density at radius 2 is 2.00 bits per heavy atom. The van der Waals surface area contributed by atoms with Crippen molar-refractivity contribution in [1.29, 1.82) is 0 Å². The van der Waals surface area contributed by atoms with Gasteiger partial charge in [0, 0.05) is 11.6 Å². The second-order valence-electron chi connectivity index (χ2n) is 5.70. The number of nitrogens with one attached hydrogen (secondary N) is 1. The molecule has 0 saturated carbocycles. The van der Waals surface area contributed by atoms with Crippen LogP contribution in [-0.4, -0.2) is 23.2 Å². The van der Waals surface area contributed by atoms with Crippen molar-refractivity contribution < 1.29 is 5.11 Å². The summed E-state index contributed by atoms with van der Waals surface area (Å²) in [6.45, 7) is 2.25. The third-order valence-electron chi connectivity index (χ3n) is 4.35. The largest absolute Gasteiger partial charge is 0.388 e. The minimum absolute atomic E-state index is 0.377. The molecular weight excluding hydrogens is 248 g/mol. The van der Waals surface area contributed by atoms with Crippen LogP contribution in [0.15, 0.2) is 36.5 Å². The van der Waals surface area contributed by atoms with Gasteiger partial charge in [0.15, 0.2) is 0 Å². The van der Waals surface area contributed by atoms with E-state index < -0.39 is 0 Å². The van der Waals surface area contributed by atoms with Crippen molar-refractivity contribution >= 4 is 10.9 Å². The Morgan fingerprint density at radius 3 is 2.85 bits per heavy atom. The Morgan fingerprint density at radius 1 is 1.20 bits per heavy atom. The van der Waals surface area contributed by atoms with E-state index in [0.29, 0.717) is 0 Å². The summed E-state index contributed by atoms with van der Waals surface area (Å²) >= 11 is 0. The first-order chi connectivity index (χ1) is 9.84. The van der Waals surface area contributed by atoms with Crippen LogP contribution in [0.5, 0.6) is 0 Å². The van der Waals surface area contributed by atoms with Crippen LogP contribution < -0.4 is 5.32 Å². The van der Waals surface area contributed by atoms with E-state index in [1.54, 1.807) is 6.20 Å². The maximum absolute atomic E-state index is 10.5. The summed E-state index contributed by atoms with van der Waals surface area (Å²) < 4.78 is 0. The van der Waals surface area contributed by atoms with Crippen molar-refractivity contribution in [3.05, 3.63) is 42.1 Å². The molecule has 1 fully saturated rings. The molecule has 3 rings (SSSR count). The molecule has 1 aliphatic rings. The van der Waals surface area contributed by atoms with E-state index in [1.165, 1.54) is 12.8 Å². The Kier molecular flexibility index (Phi) is 4.28. The smallest absolute Gasteiger partial charge is 0.0797 e. The molecule has 2 aromatic rings. The Hall–Kier alpha value is -1.45. The van der Waals surface area contributed by atoms with Crippen LogP contribution in [-0.2, 0) is 0 Å². The van der Waals surface area contributed by atoms with Gasteiger partial charge in [0.25, 0.3) is 0 Å². The van der Waals surface area contributed by atoms with Crippen LogP contribution in [0.4, 0.5) is 0 Å². The van der Waals surface area contributed by atoms with Crippen molar-refractivity contribution in [3.63, 3.8) is 0 Å². The van der Waals surface area contributed by atoms with Gasteiger partial charge in [0.05, 0.1) is 11.6 Å². The number of hydrogen-bond donors (Lipinski definition) is 2. The van der Waals surface area contributed by atoms with Crippen LogP contribution in [0.3, 0.4) is 0 Å². The lowest BCUT2D eigenvalue weighted by atomic mass is 9.90. The van der Waals surface area contributed by atoms with Crippen molar-refractivity contribution in [2.75, 3.05) is 13.1 Å². The third-order valence-corrected chi connectivity index (χ3v) is 4.35. The van der Waals surface area contributed by atoms with Gasteiger partial charge < -0.3 is 10.4 Å². The Balaban J connectivity index is 1.70. The van der Waals surface area contributed by atoms with E-state index in [1.807, 2.05) is 30.3 Å². The molecule has 2 N–H and O–H groups in total. The fourth-order valence-corrected chi connectivity index (χ4v) is 3.13. The fraction of sp³-hybridized carbons (Fsp3) is 0.471. The average molecular weight is 270 g/mol. The molecule has 20 heavy (non-hydrogen) atoms. The maximum Gasteiger partial charge on any atom is 0.0797 e. The minimum Gasteiger partial charge on any atom is -0.388 e. The molecule has 0 aliphatic carbocycles. The molecule has 106 valence electrons. The SMILES string of the molecule is OC(CCC1CCNCC1)c1ccnc2ccccc12. The molecule has 0 radical (unpaired) electrons. The van der Waals surface area contributed by atoms with Gasteiger partial charge in [-0.15, -0.1) is 0 Å². The third kappa shape index (κ3) is 3.00. The molecule has 1 atom stereocenters. The van der Waals surface area contributed by atoms with Gasteiger partial charge >= 0.3 is 0 Å². The van der Waals surface area contributed by atoms with Gasteiger partial charge in [-0.1, -0.05) is 18.2 Å². The highest BCUT2D eigenvalue weighted by molar-refractivity contribution is 5.82. The van der Waals surface area contributed by atoms with Crippen LogP contribution in [0.1, 0.15) is 37.4 Å². The van der Waals surface area contributed by atoms with E-state index in [0.717, 1.165) is 48.3 Å². The Bertz CT molecular complexity index is 558. The molecular formula is C17H22N2O. The first kappa shape index (κ1) is 13.5. The fourth-order valence-electron chi connectivity index (χ4n) is 3.13. The van der Waals surface area contributed by atoms with Crippen LogP contribution >= 0.6 is 0 Å². The van der Waals surface area contributed by atoms with Crippen LogP contribution in [0, 0.1) is 5.92 Å². The maximum atomic E-state index is 10.5. The summed E-state index contributed by atoms with van der Waals surface area (Å²) in [5.74, 6) is 0.763. The number of piperidine rings is 1. The average Bonchev–Trinajstić information content (AvgIpc) is 2.53. The predicted octanol–water partition coefficient (Wildman–Crippen LogP) is 3.05. The van der Waals surface area contributed by atoms with E-state index in [-0.39, 0.29) is 6.10 Å². The van der Waals surface area contributed by atoms with Gasteiger partial charge in [-0.25, -0.2) is 0 Å². The number of nitrogens with zero attached hydrogens (tertiary/aromatic N) is 1. The molecule has 3 nitrogen and oxygen atoms in total. The highest BCUT2D eigenvalue weighted by atomic mass is 16.3. The van der Waals surface area contributed by atoms with Gasteiger partial charge in [-0.3, -0.25) is 4.98 Å². The highest BCUT2D eigenvalue weighted by Crippen LogP contribution is 2.28. The number of pyridine rings is 1. The molecule has 1 aliphatic heterocycles. The van der Waals surface area contributed by atoms with Gasteiger partial charge in [0.1, 0.15) is 0 Å². The number of hydrogen-bond acceptors (Lipinski definition) is 3. The van der Waals surface area contributed by atoms with E-state index in [4.69, 9.17) is 0 Å². The zero-order valence-corrected chi connectivity index (χ0v) is 11.8. The van der Waals surface area contributed by atoms with Crippen LogP contribution in [0.25, 0.3) is 10.9 Å². The number of aliphatic hydroxyl groups excluding tert-OH is 1. The summed E-state index contributed by atoms with van der Waals surface area (Å²) in [7, 11) is 0. The summed E-state index contributed by atoms with van der Waals surface area (Å²) in [5, 5.41) is 15.0. The first-order valence-electron chi connectivity index (χ1n) is 7.57. The second-order valence-corrected chi connectivity index (χ2v) is 5.70. The number of fused-ring (bicyclic) bond motifs is 1. The van der Waals surface area contributed by atoms with E-state index >= 15 is 0 Å². The number of para-hydroxylation sites is 1. The summed E-state index contributed by atoms with van der Waals surface area (Å²) in [4.78, 5) is 4.35. The minimum atomic E-state index is -0.377. The predicted molar refractivity (Wildman–Crippen MR) is 81.5 cm³/mol. The molecule has 0 bridgehead atoms. The standard InChI is InChI=1S/C17H22N2O/c20-17(6-5-13-7-10-18-11-8-13)15-9-12-19-16-4-2-1-3-14(15)16/h1-4,9,12-13,17-18,20H,5-8,10-11H2. The summed E-state index contributed by atoms with van der Waals surface area (Å²) in [6.07, 6.45) is 5.86. The highest BCUT2D eigenvalue weighted by Gasteiger charge is 2.17. The zero-order valence-electron chi connectivity index (χ0n) is 11.8. The monoisotopic (exact) mass is 270 g/mol.